The van der Waals surface area contributed by atoms with Crippen LogP contribution in [0.5, 0.6) is 0 Å². The molecule has 0 aliphatic carbocycles. The molecular weight excluding hydrogens is 438 g/mol. The quantitative estimate of drug-likeness (QED) is 0.348. The molecule has 1 fully saturated rings. The molecule has 0 saturated carbocycles. The van der Waals surface area contributed by atoms with Crippen molar-refractivity contribution < 1.29 is 14.5 Å². The van der Waals surface area contributed by atoms with Crippen LogP contribution in [0.2, 0.25) is 0 Å². The number of anilines is 2. The minimum Gasteiger partial charge on any atom is -0.378 e. The highest BCUT2D eigenvalue weighted by molar-refractivity contribution is 7.80. The number of nitrogens with zero attached hydrogens (tertiary/aromatic N) is 3. The summed E-state index contributed by atoms with van der Waals surface area (Å²) in [6.45, 7) is 4.23. The average molecular weight is 458 g/mol. The van der Waals surface area contributed by atoms with Crippen LogP contribution in [-0.4, -0.2) is 47.2 Å². The molecule has 1 saturated heterocycles. The van der Waals surface area contributed by atoms with Crippen molar-refractivity contribution in [2.45, 2.75) is 6.92 Å². The van der Waals surface area contributed by atoms with E-state index in [1.807, 2.05) is 30.0 Å². The summed E-state index contributed by atoms with van der Waals surface area (Å²) >= 11 is 6.71. The van der Waals surface area contributed by atoms with Gasteiger partial charge in [0.2, 0.25) is 0 Å². The van der Waals surface area contributed by atoms with Crippen molar-refractivity contribution in [3.05, 3.63) is 57.6 Å². The van der Waals surface area contributed by atoms with Crippen molar-refractivity contribution in [2.24, 2.45) is 0 Å². The summed E-state index contributed by atoms with van der Waals surface area (Å²) < 4.78 is 6.36. The zero-order chi connectivity index (χ0) is 22.0. The van der Waals surface area contributed by atoms with Gasteiger partial charge in [0.15, 0.2) is 10.2 Å². The molecule has 0 spiro atoms. The zero-order valence-electron chi connectivity index (χ0n) is 16.6. The molecule has 0 atom stereocenters. The third-order valence-corrected chi connectivity index (χ3v) is 5.92. The fourth-order valence-electron chi connectivity index (χ4n) is 3.28. The van der Waals surface area contributed by atoms with Crippen LogP contribution in [0.25, 0.3) is 10.2 Å². The highest BCUT2D eigenvalue weighted by Crippen LogP contribution is 2.28. The van der Waals surface area contributed by atoms with E-state index in [9.17, 15) is 14.9 Å². The van der Waals surface area contributed by atoms with Crippen LogP contribution in [0.1, 0.15) is 15.9 Å². The number of carbonyl (C=O) groups is 1. The lowest BCUT2D eigenvalue weighted by Gasteiger charge is -2.30. The maximum atomic E-state index is 13.0. The number of amides is 1. The number of hydrogen-bond donors (Lipinski definition) is 2. The molecule has 0 radical (unpaired) electrons. The number of nitro benzene ring substituents is 1. The van der Waals surface area contributed by atoms with E-state index in [4.69, 9.17) is 17.0 Å². The van der Waals surface area contributed by atoms with E-state index in [-0.39, 0.29) is 16.4 Å². The van der Waals surface area contributed by atoms with E-state index in [1.165, 1.54) is 23.5 Å². The molecule has 1 aliphatic rings. The molecule has 2 aromatic carbocycles. The summed E-state index contributed by atoms with van der Waals surface area (Å²) in [5.74, 6) is -0.528. The molecule has 3 aromatic rings. The maximum absolute atomic E-state index is 13.0. The number of fused-ring (bicyclic) bond motifs is 1. The highest BCUT2D eigenvalue weighted by atomic mass is 32.1. The zero-order valence-corrected chi connectivity index (χ0v) is 18.2. The molecule has 11 heteroatoms. The molecule has 0 unspecified atom stereocenters. The normalized spacial score (nSPS) is 13.8. The summed E-state index contributed by atoms with van der Waals surface area (Å²) in [6, 6.07) is 10.2. The fourth-order valence-corrected chi connectivity index (χ4v) is 4.51. The Morgan fingerprint density at radius 2 is 2.03 bits per heavy atom. The molecule has 0 bridgehead atoms. The first kappa shape index (κ1) is 21.1. The predicted molar refractivity (Wildman–Crippen MR) is 124 cm³/mol. The monoisotopic (exact) mass is 457 g/mol. The number of nitro groups is 1. The van der Waals surface area contributed by atoms with Crippen LogP contribution in [0, 0.1) is 17.0 Å². The van der Waals surface area contributed by atoms with Crippen molar-refractivity contribution in [1.29, 1.82) is 0 Å². The topological polar surface area (TPSA) is 110 Å². The van der Waals surface area contributed by atoms with Gasteiger partial charge in [-0.15, -0.1) is 0 Å². The first-order valence-electron chi connectivity index (χ1n) is 9.51. The Balaban J connectivity index is 1.53. The first-order chi connectivity index (χ1) is 14.9. The van der Waals surface area contributed by atoms with Crippen LogP contribution in [0.15, 0.2) is 36.4 Å². The van der Waals surface area contributed by atoms with E-state index < -0.39 is 10.8 Å². The standard InChI is InChI=1S/C20H19N5O4S2/c1-12-2-4-15-17(10-12)31-20(21-15)23-19(30)22-18(26)14-11-13(25(27)28)3-5-16(14)24-6-8-29-9-7-24/h2-5,10-11H,6-9H2,1H3,(H2,21,22,23,26,30). The summed E-state index contributed by atoms with van der Waals surface area (Å²) in [4.78, 5) is 30.1. The van der Waals surface area contributed by atoms with E-state index in [2.05, 4.69) is 15.6 Å². The number of thiocarbonyl (C=S) groups is 1. The lowest BCUT2D eigenvalue weighted by atomic mass is 10.1. The van der Waals surface area contributed by atoms with Crippen LogP contribution >= 0.6 is 23.6 Å². The van der Waals surface area contributed by atoms with Gasteiger partial charge in [0.25, 0.3) is 11.6 Å². The number of nitrogens with one attached hydrogen (secondary N) is 2. The third-order valence-electron chi connectivity index (χ3n) is 4.78. The Labute approximate surface area is 187 Å². The van der Waals surface area contributed by atoms with E-state index in [0.717, 1.165) is 15.8 Å². The fraction of sp³-hybridized carbons (Fsp3) is 0.250. The molecule has 9 nitrogen and oxygen atoms in total. The van der Waals surface area contributed by atoms with Gasteiger partial charge in [-0.1, -0.05) is 17.4 Å². The lowest BCUT2D eigenvalue weighted by molar-refractivity contribution is -0.384. The molecule has 1 aliphatic heterocycles. The van der Waals surface area contributed by atoms with Crippen LogP contribution < -0.4 is 15.5 Å². The van der Waals surface area contributed by atoms with Gasteiger partial charge in [-0.05, 0) is 42.9 Å². The third kappa shape index (κ3) is 4.79. The Hall–Kier alpha value is -3.15. The molecule has 2 N–H and O–H groups in total. The maximum Gasteiger partial charge on any atom is 0.270 e. The number of carbonyl (C=O) groups excluding carboxylic acids is 1. The number of thiazole rings is 1. The summed E-state index contributed by atoms with van der Waals surface area (Å²) in [5, 5.41) is 17.4. The van der Waals surface area contributed by atoms with E-state index >= 15 is 0 Å². The minimum absolute atomic E-state index is 0.0696. The highest BCUT2D eigenvalue weighted by Gasteiger charge is 2.23. The van der Waals surface area contributed by atoms with Gasteiger partial charge in [0.1, 0.15) is 0 Å². The van der Waals surface area contributed by atoms with Gasteiger partial charge < -0.3 is 15.0 Å². The molecule has 2 heterocycles. The number of non-ortho nitro benzene ring substituents is 1. The number of ether oxygens (including phenoxy) is 1. The van der Waals surface area contributed by atoms with Crippen molar-refractivity contribution in [2.75, 3.05) is 36.5 Å². The molecule has 1 aromatic heterocycles. The summed E-state index contributed by atoms with van der Waals surface area (Å²) in [6.07, 6.45) is 0. The lowest BCUT2D eigenvalue weighted by Crippen LogP contribution is -2.39. The Morgan fingerprint density at radius 1 is 1.26 bits per heavy atom. The van der Waals surface area contributed by atoms with Gasteiger partial charge >= 0.3 is 0 Å². The van der Waals surface area contributed by atoms with Crippen molar-refractivity contribution in [3.63, 3.8) is 0 Å². The van der Waals surface area contributed by atoms with Gasteiger partial charge in [0, 0.05) is 25.2 Å². The van der Waals surface area contributed by atoms with E-state index in [1.54, 1.807) is 6.07 Å². The first-order valence-corrected chi connectivity index (χ1v) is 10.7. The molecule has 4 rings (SSSR count). The Morgan fingerprint density at radius 3 is 2.77 bits per heavy atom. The molecular formula is C20H19N5O4S2. The SMILES string of the molecule is Cc1ccc2nc(NC(=S)NC(=O)c3cc([N+](=O)[O-])ccc3N3CCOCC3)sc2c1. The van der Waals surface area contributed by atoms with Crippen molar-refractivity contribution in [1.82, 2.24) is 10.3 Å². The van der Waals surface area contributed by atoms with Gasteiger partial charge in [-0.2, -0.15) is 0 Å². The molecule has 1 amide bonds. The van der Waals surface area contributed by atoms with Gasteiger partial charge in [0.05, 0.1) is 39.6 Å². The van der Waals surface area contributed by atoms with Crippen LogP contribution in [0.3, 0.4) is 0 Å². The Bertz CT molecular complexity index is 1170. The number of aryl methyl sites for hydroxylation is 1. The average Bonchev–Trinajstić information content (AvgIpc) is 3.14. The minimum atomic E-state index is -0.528. The van der Waals surface area contributed by atoms with Crippen molar-refractivity contribution >= 4 is 61.3 Å². The smallest absolute Gasteiger partial charge is 0.270 e. The molecule has 160 valence electrons. The summed E-state index contributed by atoms with van der Waals surface area (Å²) in [7, 11) is 0. The van der Waals surface area contributed by atoms with Crippen LogP contribution in [0.4, 0.5) is 16.5 Å². The second-order valence-electron chi connectivity index (χ2n) is 6.96. The number of morpholine rings is 1. The number of aromatic nitrogens is 1. The van der Waals surface area contributed by atoms with Gasteiger partial charge in [-0.3, -0.25) is 20.2 Å². The van der Waals surface area contributed by atoms with Gasteiger partial charge in [-0.25, -0.2) is 4.98 Å². The number of rotatable bonds is 4. The second-order valence-corrected chi connectivity index (χ2v) is 8.40. The van der Waals surface area contributed by atoms with Crippen LogP contribution in [-0.2, 0) is 4.74 Å². The largest absolute Gasteiger partial charge is 0.378 e. The number of hydrogen-bond acceptors (Lipinski definition) is 8. The second kappa shape index (κ2) is 8.92. The summed E-state index contributed by atoms with van der Waals surface area (Å²) in [5.41, 5.74) is 2.58. The predicted octanol–water partition coefficient (Wildman–Crippen LogP) is 3.48. The van der Waals surface area contributed by atoms with Crippen molar-refractivity contribution in [3.8, 4) is 0 Å². The van der Waals surface area contributed by atoms with E-state index in [0.29, 0.717) is 37.1 Å². The number of benzene rings is 2. The Kier molecular flexibility index (Phi) is 6.07. The molecule has 31 heavy (non-hydrogen) atoms.